The first-order chi connectivity index (χ1) is 15.2. The van der Waals surface area contributed by atoms with Crippen LogP contribution in [-0.2, 0) is 6.42 Å². The highest BCUT2D eigenvalue weighted by atomic mass is 16.5. The monoisotopic (exact) mass is 430 g/mol. The summed E-state index contributed by atoms with van der Waals surface area (Å²) in [5.41, 5.74) is 4.35. The first-order valence-corrected chi connectivity index (χ1v) is 10.7. The Bertz CT molecular complexity index is 1210. The second-order valence-corrected chi connectivity index (χ2v) is 8.82. The van der Waals surface area contributed by atoms with Gasteiger partial charge in [-0.3, -0.25) is 4.99 Å². The fourth-order valence-electron chi connectivity index (χ4n) is 3.72. The standard InChI is InChI=1S/C25H26N4O3/c1-15(2)31-22-11-8-16(12-17(22)13-26)24-28-23(29-32-24)20-7-5-6-19-18(20)9-10-21(19)27-14-25(3,4)30/h5-8,11-12,15,30H,9-10,14H2,1-4H3. The highest BCUT2D eigenvalue weighted by Crippen LogP contribution is 2.33. The van der Waals surface area contributed by atoms with Crippen molar-refractivity contribution in [2.45, 2.75) is 52.2 Å². The molecule has 0 atom stereocenters. The Labute approximate surface area is 187 Å². The van der Waals surface area contributed by atoms with Crippen LogP contribution < -0.4 is 4.74 Å². The fourth-order valence-corrected chi connectivity index (χ4v) is 3.72. The molecule has 0 bridgehead atoms. The molecule has 1 heterocycles. The van der Waals surface area contributed by atoms with Gasteiger partial charge in [0.1, 0.15) is 11.8 Å². The maximum absolute atomic E-state index is 10.00. The summed E-state index contributed by atoms with van der Waals surface area (Å²) in [6, 6.07) is 13.4. The van der Waals surface area contributed by atoms with E-state index in [-0.39, 0.29) is 6.10 Å². The Morgan fingerprint density at radius 3 is 2.72 bits per heavy atom. The van der Waals surface area contributed by atoms with Crippen molar-refractivity contribution in [3.05, 3.63) is 53.1 Å². The lowest BCUT2D eigenvalue weighted by molar-refractivity contribution is 0.0904. The van der Waals surface area contributed by atoms with Crippen molar-refractivity contribution in [1.82, 2.24) is 10.1 Å². The Morgan fingerprint density at radius 2 is 2.00 bits per heavy atom. The number of hydrogen-bond acceptors (Lipinski definition) is 7. The maximum Gasteiger partial charge on any atom is 0.258 e. The summed E-state index contributed by atoms with van der Waals surface area (Å²) in [4.78, 5) is 9.23. The van der Waals surface area contributed by atoms with Gasteiger partial charge in [0.15, 0.2) is 0 Å². The number of aliphatic hydroxyl groups is 1. The molecule has 2 aromatic carbocycles. The number of aliphatic imine (C=N–C) groups is 1. The van der Waals surface area contributed by atoms with Crippen LogP contribution in [0.5, 0.6) is 5.75 Å². The molecule has 0 unspecified atom stereocenters. The molecular weight excluding hydrogens is 404 g/mol. The lowest BCUT2D eigenvalue weighted by Crippen LogP contribution is -2.23. The summed E-state index contributed by atoms with van der Waals surface area (Å²) in [6.45, 7) is 7.69. The van der Waals surface area contributed by atoms with Crippen LogP contribution in [0.4, 0.5) is 0 Å². The molecule has 7 heteroatoms. The van der Waals surface area contributed by atoms with Crippen LogP contribution in [0, 0.1) is 11.3 Å². The molecule has 164 valence electrons. The lowest BCUT2D eigenvalue weighted by Gasteiger charge is -2.14. The first kappa shape index (κ1) is 21.7. The predicted molar refractivity (Wildman–Crippen MR) is 122 cm³/mol. The van der Waals surface area contributed by atoms with Crippen molar-refractivity contribution in [2.24, 2.45) is 4.99 Å². The Balaban J connectivity index is 1.65. The molecule has 0 saturated carbocycles. The molecule has 0 spiro atoms. The summed E-state index contributed by atoms with van der Waals surface area (Å²) in [7, 11) is 0. The molecule has 7 nitrogen and oxygen atoms in total. The quantitative estimate of drug-likeness (QED) is 0.614. The average Bonchev–Trinajstić information content (AvgIpc) is 3.39. The van der Waals surface area contributed by atoms with Gasteiger partial charge in [0.2, 0.25) is 5.82 Å². The average molecular weight is 431 g/mol. The zero-order valence-corrected chi connectivity index (χ0v) is 18.7. The number of nitrogens with zero attached hydrogens (tertiary/aromatic N) is 4. The van der Waals surface area contributed by atoms with Gasteiger partial charge < -0.3 is 14.4 Å². The van der Waals surface area contributed by atoms with Gasteiger partial charge in [0.25, 0.3) is 5.89 Å². The van der Waals surface area contributed by atoms with Crippen molar-refractivity contribution < 1.29 is 14.4 Å². The molecule has 1 aliphatic carbocycles. The number of rotatable bonds is 6. The SMILES string of the molecule is CC(C)Oc1ccc(-c2nc(-c3cccc4c3CCC4=NCC(C)(C)O)no2)cc1C#N. The van der Waals surface area contributed by atoms with Crippen LogP contribution in [-0.4, -0.2) is 39.2 Å². The molecule has 1 aromatic heterocycles. The molecule has 1 N–H and O–H groups in total. The van der Waals surface area contributed by atoms with Gasteiger partial charge in [-0.25, -0.2) is 0 Å². The smallest absolute Gasteiger partial charge is 0.258 e. The topological polar surface area (TPSA) is 105 Å². The van der Waals surface area contributed by atoms with E-state index in [0.717, 1.165) is 35.2 Å². The second-order valence-electron chi connectivity index (χ2n) is 8.82. The van der Waals surface area contributed by atoms with E-state index in [2.05, 4.69) is 21.2 Å². The highest BCUT2D eigenvalue weighted by molar-refractivity contribution is 6.06. The van der Waals surface area contributed by atoms with Crippen LogP contribution in [0.15, 0.2) is 45.9 Å². The maximum atomic E-state index is 10.00. The molecular formula is C25H26N4O3. The van der Waals surface area contributed by atoms with Crippen molar-refractivity contribution in [3.63, 3.8) is 0 Å². The molecule has 0 amide bonds. The number of benzene rings is 2. The summed E-state index contributed by atoms with van der Waals surface area (Å²) >= 11 is 0. The van der Waals surface area contributed by atoms with Crippen molar-refractivity contribution in [2.75, 3.05) is 6.54 Å². The molecule has 3 aromatic rings. The minimum atomic E-state index is -0.839. The largest absolute Gasteiger partial charge is 0.490 e. The summed E-state index contributed by atoms with van der Waals surface area (Å²) in [5, 5.41) is 23.7. The van der Waals surface area contributed by atoms with Crippen molar-refractivity contribution in [1.29, 1.82) is 5.26 Å². The van der Waals surface area contributed by atoms with Gasteiger partial charge >= 0.3 is 0 Å². The zero-order valence-electron chi connectivity index (χ0n) is 18.7. The number of aromatic nitrogens is 2. The zero-order chi connectivity index (χ0) is 22.9. The summed E-state index contributed by atoms with van der Waals surface area (Å²) in [5.74, 6) is 1.38. The van der Waals surface area contributed by atoms with E-state index < -0.39 is 5.60 Å². The Morgan fingerprint density at radius 1 is 1.22 bits per heavy atom. The van der Waals surface area contributed by atoms with Gasteiger partial charge in [0, 0.05) is 16.8 Å². The summed E-state index contributed by atoms with van der Waals surface area (Å²) in [6.07, 6.45) is 1.62. The predicted octanol–water partition coefficient (Wildman–Crippen LogP) is 4.57. The molecule has 0 aliphatic heterocycles. The molecule has 32 heavy (non-hydrogen) atoms. The van der Waals surface area contributed by atoms with Crippen molar-refractivity contribution >= 4 is 5.71 Å². The third-order valence-corrected chi connectivity index (χ3v) is 5.13. The molecule has 0 radical (unpaired) electrons. The van der Waals surface area contributed by atoms with Gasteiger partial charge in [-0.1, -0.05) is 23.4 Å². The normalized spacial score (nSPS) is 14.6. The number of hydrogen-bond donors (Lipinski definition) is 1. The summed E-state index contributed by atoms with van der Waals surface area (Å²) < 4.78 is 11.2. The fraction of sp³-hybridized carbons (Fsp3) is 0.360. The van der Waals surface area contributed by atoms with E-state index in [4.69, 9.17) is 9.26 Å². The molecule has 1 aliphatic rings. The first-order valence-electron chi connectivity index (χ1n) is 10.7. The number of nitriles is 1. The number of ether oxygens (including phenoxy) is 1. The third kappa shape index (κ3) is 4.56. The van der Waals surface area contributed by atoms with E-state index >= 15 is 0 Å². The Hall–Kier alpha value is -3.50. The van der Waals surface area contributed by atoms with Crippen LogP contribution >= 0.6 is 0 Å². The van der Waals surface area contributed by atoms with Crippen LogP contribution in [0.25, 0.3) is 22.8 Å². The molecule has 4 rings (SSSR count). The van der Waals surface area contributed by atoms with Crippen LogP contribution in [0.2, 0.25) is 0 Å². The number of fused-ring (bicyclic) bond motifs is 1. The van der Waals surface area contributed by atoms with Crippen molar-refractivity contribution in [3.8, 4) is 34.7 Å². The van der Waals surface area contributed by atoms with Gasteiger partial charge in [-0.2, -0.15) is 10.2 Å². The van der Waals surface area contributed by atoms with E-state index in [9.17, 15) is 10.4 Å². The molecule has 0 fully saturated rings. The van der Waals surface area contributed by atoms with E-state index in [1.165, 1.54) is 0 Å². The second kappa shape index (κ2) is 8.56. The Kier molecular flexibility index (Phi) is 5.81. The third-order valence-electron chi connectivity index (χ3n) is 5.13. The van der Waals surface area contributed by atoms with Crippen LogP contribution in [0.3, 0.4) is 0 Å². The van der Waals surface area contributed by atoms with Gasteiger partial charge in [-0.05, 0) is 69.9 Å². The van der Waals surface area contributed by atoms with E-state index in [0.29, 0.717) is 35.1 Å². The minimum Gasteiger partial charge on any atom is -0.490 e. The lowest BCUT2D eigenvalue weighted by atomic mass is 10.0. The van der Waals surface area contributed by atoms with Gasteiger partial charge in [0.05, 0.1) is 23.8 Å². The van der Waals surface area contributed by atoms with E-state index in [1.807, 2.05) is 38.1 Å². The van der Waals surface area contributed by atoms with Gasteiger partial charge in [-0.15, -0.1) is 0 Å². The van der Waals surface area contributed by atoms with E-state index in [1.54, 1.807) is 26.0 Å². The minimum absolute atomic E-state index is 0.0278. The highest BCUT2D eigenvalue weighted by Gasteiger charge is 2.24. The van der Waals surface area contributed by atoms with Crippen LogP contribution in [0.1, 0.15) is 50.8 Å². The molecule has 0 saturated heterocycles.